The topological polar surface area (TPSA) is 251 Å². The van der Waals surface area contributed by atoms with Gasteiger partial charge in [0.15, 0.2) is 22.5 Å². The Morgan fingerprint density at radius 2 is 1.97 bits per heavy atom. The number of rotatable bonds is 16. The zero-order chi connectivity index (χ0) is 43.2. The van der Waals surface area contributed by atoms with Gasteiger partial charge in [0.2, 0.25) is 18.4 Å². The van der Waals surface area contributed by atoms with Gasteiger partial charge in [-0.1, -0.05) is 39.0 Å². The van der Waals surface area contributed by atoms with Crippen LogP contribution < -0.4 is 16.2 Å². The van der Waals surface area contributed by atoms with Gasteiger partial charge < -0.3 is 48.0 Å². The minimum Gasteiger partial charge on any atom is -0.396 e. The maximum Gasteiger partial charge on any atom is 0.327 e. The normalized spacial score (nSPS) is 27.8. The van der Waals surface area contributed by atoms with Crippen molar-refractivity contribution < 1.29 is 42.8 Å². The molecule has 1 saturated heterocycles. The van der Waals surface area contributed by atoms with E-state index in [4.69, 9.17) is 41.4 Å². The van der Waals surface area contributed by atoms with Crippen molar-refractivity contribution in [3.05, 3.63) is 75.2 Å². The Kier molecular flexibility index (Phi) is 12.2. The molecular formula is C38H43N10O10PS2. The number of amides is 2. The molecule has 1 unspecified atom stereocenters. The van der Waals surface area contributed by atoms with E-state index in [1.807, 2.05) is 17.6 Å². The van der Waals surface area contributed by atoms with E-state index in [1.165, 1.54) is 13.4 Å². The zero-order valence-electron chi connectivity index (χ0n) is 33.3. The van der Waals surface area contributed by atoms with Crippen LogP contribution in [-0.2, 0) is 39.6 Å². The highest BCUT2D eigenvalue weighted by Crippen LogP contribution is 2.73. The number of aliphatic hydroxyl groups is 2. The molecule has 3 fully saturated rings. The van der Waals surface area contributed by atoms with E-state index in [1.54, 1.807) is 44.4 Å². The number of ether oxygens (including phenoxy) is 2. The Labute approximate surface area is 357 Å². The molecule has 0 spiro atoms. The third-order valence-electron chi connectivity index (χ3n) is 11.5. The standard InChI is InChI=1S/C38H43N10O10PS2/c1-18(2)34(51)45-37-43-23-24(36(53)46-37)47-61-30(23)29-27(50)28(54-5)22(57-29)14-56-59(60,55-12-11-39-4)58-31-19(3)26(21-13-38(21,31)15-49)48-17-42-25-32(40-16-41-33(25)48)44-35(52)20-9-7-6-8-10-20/h6-10,16-19,21-22,26-29,31,49-50H,11-15H2,1-3,5H3,(H,40,41,44,52)(H2,43,45,46,51,53)/t19-,21+,22+,26-,27+,28+,29+,31-,38+,59?/m0/s1. The monoisotopic (exact) mass is 894 g/mol. The first-order valence-corrected chi connectivity index (χ1v) is 22.8. The van der Waals surface area contributed by atoms with Gasteiger partial charge in [0.05, 0.1) is 30.5 Å². The number of hydrogen-bond acceptors (Lipinski definition) is 17. The van der Waals surface area contributed by atoms with Crippen molar-refractivity contribution in [2.45, 2.75) is 63.8 Å². The van der Waals surface area contributed by atoms with Gasteiger partial charge in [-0.15, -0.1) is 0 Å². The number of nitrogens with one attached hydrogen (secondary N) is 3. The van der Waals surface area contributed by atoms with E-state index in [0.717, 1.165) is 11.5 Å². The maximum atomic E-state index is 13.0. The molecule has 0 radical (unpaired) electrons. The van der Waals surface area contributed by atoms with Gasteiger partial charge in [0.25, 0.3) is 11.5 Å². The van der Waals surface area contributed by atoms with Crippen molar-refractivity contribution in [1.82, 2.24) is 33.9 Å². The van der Waals surface area contributed by atoms with Crippen LogP contribution in [0.3, 0.4) is 0 Å². The van der Waals surface area contributed by atoms with E-state index in [-0.39, 0.29) is 84.8 Å². The number of aliphatic hydroxyl groups excluding tert-OH is 2. The second-order valence-electron chi connectivity index (χ2n) is 15.5. The Bertz CT molecular complexity index is 2600. The second-order valence-corrected chi connectivity index (χ2v) is 19.3. The number of aromatic nitrogens is 7. The third kappa shape index (κ3) is 7.99. The van der Waals surface area contributed by atoms with Crippen LogP contribution in [0.15, 0.2) is 47.8 Å². The van der Waals surface area contributed by atoms with Crippen LogP contribution in [-0.4, -0.2) is 114 Å². The van der Waals surface area contributed by atoms with Gasteiger partial charge in [0, 0.05) is 36.0 Å². The second kappa shape index (κ2) is 17.2. The summed E-state index contributed by atoms with van der Waals surface area (Å²) in [6.45, 7) is 8.40. The van der Waals surface area contributed by atoms with E-state index in [0.29, 0.717) is 28.0 Å². The number of fused-ring (bicyclic) bond motifs is 3. The van der Waals surface area contributed by atoms with Gasteiger partial charge in [-0.05, 0) is 47.8 Å². The third-order valence-corrected chi connectivity index (χ3v) is 14.7. The summed E-state index contributed by atoms with van der Waals surface area (Å²) in [6, 6.07) is 8.49. The summed E-state index contributed by atoms with van der Waals surface area (Å²) >= 11 is 6.93. The summed E-state index contributed by atoms with van der Waals surface area (Å²) in [5, 5.41) is 27.8. The van der Waals surface area contributed by atoms with E-state index >= 15 is 0 Å². The van der Waals surface area contributed by atoms with Crippen molar-refractivity contribution in [3.8, 4) is 0 Å². The number of imidazole rings is 1. The molecule has 5 N–H and O–H groups in total. The average molecular weight is 895 g/mol. The molecule has 322 valence electrons. The number of H-pyrrole nitrogens is 1. The fourth-order valence-corrected chi connectivity index (χ4v) is 11.5. The Balaban J connectivity index is 1.02. The summed E-state index contributed by atoms with van der Waals surface area (Å²) in [5.74, 6) is -1.26. The molecule has 8 rings (SSSR count). The lowest BCUT2D eigenvalue weighted by atomic mass is 9.94. The molecule has 20 nitrogen and oxygen atoms in total. The first kappa shape index (κ1) is 43.0. The molecule has 5 aromatic rings. The lowest BCUT2D eigenvalue weighted by Gasteiger charge is -2.33. The van der Waals surface area contributed by atoms with Crippen LogP contribution in [0.2, 0.25) is 0 Å². The van der Waals surface area contributed by atoms with Crippen molar-refractivity contribution in [2.75, 3.05) is 44.1 Å². The maximum absolute atomic E-state index is 13.0. The van der Waals surface area contributed by atoms with Gasteiger partial charge in [-0.3, -0.25) is 24.7 Å². The number of anilines is 2. The van der Waals surface area contributed by atoms with E-state index < -0.39 is 48.2 Å². The predicted octanol–water partition coefficient (Wildman–Crippen LogP) is 3.63. The zero-order valence-corrected chi connectivity index (χ0v) is 35.9. The number of methoxy groups -OCH3 is 1. The molecular weight excluding hydrogens is 852 g/mol. The van der Waals surface area contributed by atoms with Gasteiger partial charge in [-0.2, -0.15) is 4.37 Å². The molecule has 3 aliphatic rings. The first-order valence-electron chi connectivity index (χ1n) is 19.4. The number of aromatic amines is 1. The molecule has 5 heterocycles. The minimum atomic E-state index is -3.71. The summed E-state index contributed by atoms with van der Waals surface area (Å²) in [6.07, 6.45) is -1.26. The van der Waals surface area contributed by atoms with Crippen molar-refractivity contribution >= 4 is 75.8 Å². The average Bonchev–Trinajstić information content (AvgIpc) is 3.51. The van der Waals surface area contributed by atoms with E-state index in [2.05, 4.69) is 44.8 Å². The smallest absolute Gasteiger partial charge is 0.327 e. The largest absolute Gasteiger partial charge is 0.396 e. The minimum absolute atomic E-state index is 0.00991. The van der Waals surface area contributed by atoms with Gasteiger partial charge in [0.1, 0.15) is 42.9 Å². The summed E-state index contributed by atoms with van der Waals surface area (Å²) in [4.78, 5) is 62.4. The number of nitrogens with zero attached hydrogens (tertiary/aromatic N) is 7. The number of hydrogen-bond donors (Lipinski definition) is 5. The van der Waals surface area contributed by atoms with Crippen LogP contribution in [0.25, 0.3) is 27.0 Å². The lowest BCUT2D eigenvalue weighted by molar-refractivity contribution is -0.118. The van der Waals surface area contributed by atoms with Crippen LogP contribution in [0.1, 0.15) is 54.6 Å². The lowest BCUT2D eigenvalue weighted by Crippen LogP contribution is -2.36. The fourth-order valence-electron chi connectivity index (χ4n) is 8.41. The van der Waals surface area contributed by atoms with Gasteiger partial charge >= 0.3 is 6.72 Å². The number of carbonyl (C=O) groups excluding carboxylic acids is 2. The molecule has 61 heavy (non-hydrogen) atoms. The Morgan fingerprint density at radius 3 is 2.69 bits per heavy atom. The summed E-state index contributed by atoms with van der Waals surface area (Å²) in [7, 11) is 1.41. The van der Waals surface area contributed by atoms with E-state index in [9.17, 15) is 24.6 Å². The molecule has 2 saturated carbocycles. The Hall–Kier alpha value is -4.66. The summed E-state index contributed by atoms with van der Waals surface area (Å²) < 4.78 is 37.3. The SMILES string of the molecule is [C-]#[N+]CCOP(=S)(OC[C@H]1O[C@@H](c2snc3c(=O)[nH]c(NC(=O)C(C)C)nc23)[C@H](O)[C@@H]1OC)O[C@H]1[C@@H](C)[C@H](n2cnc3c(NC(=O)c4ccccc4)ncnc32)[C@H]2C[C@@]21CO. The number of benzene rings is 1. The van der Waals surface area contributed by atoms with Crippen molar-refractivity contribution in [3.63, 3.8) is 0 Å². The molecule has 1 aromatic carbocycles. The highest BCUT2D eigenvalue weighted by atomic mass is 32.5. The molecule has 23 heteroatoms. The van der Waals surface area contributed by atoms with Crippen LogP contribution in [0.4, 0.5) is 11.8 Å². The summed E-state index contributed by atoms with van der Waals surface area (Å²) in [5.41, 5.74) is 0.210. The molecule has 0 bridgehead atoms. The molecule has 1 aliphatic heterocycles. The highest BCUT2D eigenvalue weighted by Gasteiger charge is 2.72. The molecule has 4 aromatic heterocycles. The highest BCUT2D eigenvalue weighted by molar-refractivity contribution is 8.07. The van der Waals surface area contributed by atoms with Crippen molar-refractivity contribution in [2.24, 2.45) is 23.2 Å². The Morgan fingerprint density at radius 1 is 1.18 bits per heavy atom. The fraction of sp³-hybridized carbons (Fsp3) is 0.500. The first-order chi connectivity index (χ1) is 29.3. The molecule has 2 amide bonds. The predicted molar refractivity (Wildman–Crippen MR) is 224 cm³/mol. The molecule has 2 aliphatic carbocycles. The van der Waals surface area contributed by atoms with Gasteiger partial charge in [-0.25, -0.2) is 26.5 Å². The van der Waals surface area contributed by atoms with Crippen LogP contribution >= 0.6 is 18.3 Å². The van der Waals surface area contributed by atoms with Crippen LogP contribution in [0, 0.1) is 29.7 Å². The number of carbonyl (C=O) groups is 2. The molecule has 10 atom stereocenters. The van der Waals surface area contributed by atoms with Crippen LogP contribution in [0.5, 0.6) is 0 Å². The van der Waals surface area contributed by atoms with Crippen molar-refractivity contribution in [1.29, 1.82) is 0 Å². The quantitative estimate of drug-likeness (QED) is 0.0539.